The van der Waals surface area contributed by atoms with Gasteiger partial charge in [-0.3, -0.25) is 14.7 Å². The predicted molar refractivity (Wildman–Crippen MR) is 186 cm³/mol. The van der Waals surface area contributed by atoms with Gasteiger partial charge >= 0.3 is 0 Å². The first-order chi connectivity index (χ1) is 22.9. The number of pyridine rings is 2. The van der Waals surface area contributed by atoms with Crippen LogP contribution < -0.4 is 15.4 Å². The van der Waals surface area contributed by atoms with E-state index >= 15 is 0 Å². The summed E-state index contributed by atoms with van der Waals surface area (Å²) in [5, 5.41) is 8.16. The second kappa shape index (κ2) is 14.1. The van der Waals surface area contributed by atoms with Crippen molar-refractivity contribution in [3.05, 3.63) is 86.5 Å². The Morgan fingerprint density at radius 2 is 1.87 bits per heavy atom. The lowest BCUT2D eigenvalue weighted by molar-refractivity contribution is -0.119. The second-order valence-corrected chi connectivity index (χ2v) is 13.6. The first-order valence-electron chi connectivity index (χ1n) is 16.0. The van der Waals surface area contributed by atoms with Gasteiger partial charge < -0.3 is 20.1 Å². The lowest BCUT2D eigenvalue weighted by Gasteiger charge is -2.35. The maximum absolute atomic E-state index is 11.5. The van der Waals surface area contributed by atoms with Gasteiger partial charge in [-0.1, -0.05) is 59.1 Å². The van der Waals surface area contributed by atoms with E-state index in [1.807, 2.05) is 42.5 Å². The van der Waals surface area contributed by atoms with Crippen LogP contribution in [-0.2, 0) is 29.0 Å². The topological polar surface area (TPSA) is 88.6 Å². The van der Waals surface area contributed by atoms with E-state index in [0.717, 1.165) is 78.5 Å². The molecule has 2 saturated heterocycles. The molecule has 2 aromatic heterocycles. The van der Waals surface area contributed by atoms with Crippen LogP contribution in [0.1, 0.15) is 29.5 Å². The van der Waals surface area contributed by atoms with Crippen molar-refractivity contribution in [3.63, 3.8) is 0 Å². The Morgan fingerprint density at radius 3 is 2.64 bits per heavy atom. The zero-order chi connectivity index (χ0) is 32.5. The maximum Gasteiger partial charge on any atom is 0.220 e. The number of carbonyl (C=O) groups excluding carboxylic acids is 1. The number of nitrogens with zero attached hydrogens (tertiary/aromatic N) is 3. The fourth-order valence-electron chi connectivity index (χ4n) is 6.66. The molecule has 11 heteroatoms. The third-order valence-corrected chi connectivity index (χ3v) is 10.4. The van der Waals surface area contributed by atoms with E-state index in [2.05, 4.69) is 26.6 Å². The van der Waals surface area contributed by atoms with Crippen LogP contribution >= 0.6 is 34.8 Å². The summed E-state index contributed by atoms with van der Waals surface area (Å²) in [4.78, 5) is 23.5. The molecule has 0 saturated carbocycles. The highest BCUT2D eigenvalue weighted by Crippen LogP contribution is 2.43. The summed E-state index contributed by atoms with van der Waals surface area (Å²) in [6.45, 7) is 5.82. The number of hydrogen-bond acceptors (Lipinski definition) is 7. The molecule has 0 aliphatic carbocycles. The SMILES string of the molecule is COc1nc(-c2cccc(-c3ccnc(-c4cc(Cl)c5c(c4)CCN(CC4COC4)C5)c3Cl)c2Cl)ccc1CNC[C@@H]1CCC(=O)N1. The van der Waals surface area contributed by atoms with E-state index in [1.165, 1.54) is 11.1 Å². The van der Waals surface area contributed by atoms with Crippen LogP contribution in [0.5, 0.6) is 5.88 Å². The normalized spacial score (nSPS) is 18.1. The average molecular weight is 693 g/mol. The standard InChI is InChI=1S/C36H36Cl3N5O3/c1-46-36-23(15-40-16-25-6-8-32(45)42-25)5-7-31(43-36)28-4-2-3-26(33(28)38)27-9-11-41-35(34(27)39)24-13-22-10-12-44(17-21-19-47-20-21)18-29(22)30(37)14-24/h2-5,7,9,11,13-14,21,25,40H,6,8,10,12,15-20H2,1H3,(H,42,45)/t25-/m0/s1. The monoisotopic (exact) mass is 691 g/mol. The molecule has 2 N–H and O–H groups in total. The minimum Gasteiger partial charge on any atom is -0.481 e. The highest BCUT2D eigenvalue weighted by atomic mass is 35.5. The van der Waals surface area contributed by atoms with Gasteiger partial charge in [0.15, 0.2) is 0 Å². The van der Waals surface area contributed by atoms with Crippen molar-refractivity contribution in [2.75, 3.05) is 40.0 Å². The van der Waals surface area contributed by atoms with Gasteiger partial charge in [-0.2, -0.15) is 0 Å². The number of halogens is 3. The summed E-state index contributed by atoms with van der Waals surface area (Å²) < 4.78 is 11.0. The molecule has 0 spiro atoms. The van der Waals surface area contributed by atoms with Crippen molar-refractivity contribution < 1.29 is 14.3 Å². The van der Waals surface area contributed by atoms with Crippen molar-refractivity contribution in [1.82, 2.24) is 25.5 Å². The maximum atomic E-state index is 11.5. The number of hydrogen-bond donors (Lipinski definition) is 2. The van der Waals surface area contributed by atoms with Crippen LogP contribution in [0.2, 0.25) is 15.1 Å². The van der Waals surface area contributed by atoms with E-state index in [0.29, 0.717) is 52.7 Å². The van der Waals surface area contributed by atoms with E-state index in [1.54, 1.807) is 13.3 Å². The number of nitrogens with one attached hydrogen (secondary N) is 2. The smallest absolute Gasteiger partial charge is 0.220 e. The van der Waals surface area contributed by atoms with E-state index in [4.69, 9.17) is 49.3 Å². The molecular weight excluding hydrogens is 657 g/mol. The van der Waals surface area contributed by atoms with Gasteiger partial charge in [0, 0.05) is 90.1 Å². The van der Waals surface area contributed by atoms with Crippen molar-refractivity contribution in [2.24, 2.45) is 5.92 Å². The van der Waals surface area contributed by atoms with Gasteiger partial charge in [0.25, 0.3) is 0 Å². The molecule has 3 aliphatic rings. The minimum absolute atomic E-state index is 0.106. The molecule has 5 heterocycles. The number of aromatic nitrogens is 2. The Labute approximate surface area is 289 Å². The van der Waals surface area contributed by atoms with Crippen LogP contribution in [0, 0.1) is 5.92 Å². The van der Waals surface area contributed by atoms with Gasteiger partial charge in [-0.15, -0.1) is 0 Å². The van der Waals surface area contributed by atoms with Crippen LogP contribution in [0.15, 0.2) is 54.7 Å². The van der Waals surface area contributed by atoms with Gasteiger partial charge in [-0.05, 0) is 48.2 Å². The third-order valence-electron chi connectivity index (χ3n) is 9.24. The Bertz CT molecular complexity index is 1820. The molecule has 4 aromatic rings. The van der Waals surface area contributed by atoms with E-state index < -0.39 is 0 Å². The number of fused-ring (bicyclic) bond motifs is 1. The molecule has 244 valence electrons. The van der Waals surface area contributed by atoms with Crippen LogP contribution in [0.25, 0.3) is 33.6 Å². The highest BCUT2D eigenvalue weighted by molar-refractivity contribution is 6.39. The van der Waals surface area contributed by atoms with Crippen LogP contribution in [0.4, 0.5) is 0 Å². The zero-order valence-electron chi connectivity index (χ0n) is 26.1. The molecule has 2 aromatic carbocycles. The lowest BCUT2D eigenvalue weighted by Crippen LogP contribution is -2.41. The van der Waals surface area contributed by atoms with E-state index in [-0.39, 0.29) is 11.9 Å². The van der Waals surface area contributed by atoms with Gasteiger partial charge in [-0.25, -0.2) is 4.98 Å². The minimum atomic E-state index is 0.106. The second-order valence-electron chi connectivity index (χ2n) is 12.5. The first-order valence-corrected chi connectivity index (χ1v) is 17.1. The van der Waals surface area contributed by atoms with Crippen molar-refractivity contribution >= 4 is 40.7 Å². The van der Waals surface area contributed by atoms with Gasteiger partial charge in [0.1, 0.15) is 0 Å². The average Bonchev–Trinajstić information content (AvgIpc) is 3.48. The summed E-state index contributed by atoms with van der Waals surface area (Å²) in [7, 11) is 1.61. The van der Waals surface area contributed by atoms with Crippen LogP contribution in [0.3, 0.4) is 0 Å². The third kappa shape index (κ3) is 6.86. The molecule has 3 aliphatic heterocycles. The predicted octanol–water partition coefficient (Wildman–Crippen LogP) is 6.82. The summed E-state index contributed by atoms with van der Waals surface area (Å²) in [6, 6.07) is 16.0. The first kappa shape index (κ1) is 32.3. The summed E-state index contributed by atoms with van der Waals surface area (Å²) in [5.74, 6) is 1.24. The molecule has 47 heavy (non-hydrogen) atoms. The fourth-order valence-corrected chi connectivity index (χ4v) is 7.60. The number of carbonyl (C=O) groups is 1. The van der Waals surface area contributed by atoms with Crippen molar-refractivity contribution in [3.8, 4) is 39.5 Å². The Kier molecular flexibility index (Phi) is 9.68. The largest absolute Gasteiger partial charge is 0.481 e. The quantitative estimate of drug-likeness (QED) is 0.189. The molecule has 1 atom stereocenters. The summed E-state index contributed by atoms with van der Waals surface area (Å²) >= 11 is 21.1. The molecular formula is C36H36Cl3N5O3. The molecule has 2 fully saturated rings. The Balaban J connectivity index is 1.13. The van der Waals surface area contributed by atoms with Gasteiger partial charge in [0.2, 0.25) is 11.8 Å². The van der Waals surface area contributed by atoms with Crippen molar-refractivity contribution in [2.45, 2.75) is 38.4 Å². The molecule has 1 amide bonds. The molecule has 0 radical (unpaired) electrons. The van der Waals surface area contributed by atoms with Crippen molar-refractivity contribution in [1.29, 1.82) is 0 Å². The summed E-state index contributed by atoms with van der Waals surface area (Å²) in [6.07, 6.45) is 4.10. The molecule has 8 nitrogen and oxygen atoms in total. The number of methoxy groups -OCH3 is 1. The van der Waals surface area contributed by atoms with E-state index in [9.17, 15) is 4.79 Å². The lowest BCUT2D eigenvalue weighted by atomic mass is 9.94. The Hall–Kier alpha value is -3.24. The van der Waals surface area contributed by atoms with Crippen LogP contribution in [-0.4, -0.2) is 66.8 Å². The molecule has 0 bridgehead atoms. The Morgan fingerprint density at radius 1 is 1.04 bits per heavy atom. The molecule has 0 unspecified atom stereocenters. The zero-order valence-corrected chi connectivity index (χ0v) is 28.4. The fraction of sp³-hybridized carbons (Fsp3) is 0.361. The number of rotatable bonds is 10. The number of ether oxygens (including phenoxy) is 2. The summed E-state index contributed by atoms with van der Waals surface area (Å²) in [5.41, 5.74) is 7.89. The number of benzene rings is 2. The molecule has 7 rings (SSSR count). The highest BCUT2D eigenvalue weighted by Gasteiger charge is 2.27. The number of amides is 1. The van der Waals surface area contributed by atoms with Gasteiger partial charge in [0.05, 0.1) is 41.8 Å².